The molecule has 3 aromatic carbocycles. The van der Waals surface area contributed by atoms with Crippen molar-refractivity contribution in [3.8, 4) is 17.2 Å². The van der Waals surface area contributed by atoms with E-state index in [0.29, 0.717) is 34.3 Å². The van der Waals surface area contributed by atoms with Gasteiger partial charge < -0.3 is 67.5 Å². The van der Waals surface area contributed by atoms with Gasteiger partial charge in [-0.05, 0) is 66.9 Å². The van der Waals surface area contributed by atoms with E-state index in [0.717, 1.165) is 35.0 Å². The molecule has 4 heterocycles. The molecule has 3 aromatic heterocycles. The summed E-state index contributed by atoms with van der Waals surface area (Å²) < 4.78 is 22.1. The van der Waals surface area contributed by atoms with Crippen molar-refractivity contribution in [2.45, 2.75) is 46.3 Å². The maximum Gasteiger partial charge on any atom is 1.00 e. The molecule has 0 bridgehead atoms. The van der Waals surface area contributed by atoms with Crippen molar-refractivity contribution in [1.82, 2.24) is 27.4 Å². The number of nitrogens with zero attached hydrogens (tertiary/aromatic N) is 7. The zero-order chi connectivity index (χ0) is 59.0. The first-order valence-corrected chi connectivity index (χ1v) is 23.5. The number of carbonyl (C=O) groups excluding carboxylic acids is 1. The van der Waals surface area contributed by atoms with E-state index >= 15 is 0 Å². The van der Waals surface area contributed by atoms with E-state index in [1.807, 2.05) is 12.1 Å². The summed E-state index contributed by atoms with van der Waals surface area (Å²) in [6.45, 7) is 2.51. The monoisotopic (exact) mass is 1130 g/mol. The van der Waals surface area contributed by atoms with Crippen LogP contribution in [-0.2, 0) is 63.2 Å². The van der Waals surface area contributed by atoms with E-state index in [4.69, 9.17) is 61.7 Å². The van der Waals surface area contributed by atoms with E-state index in [9.17, 15) is 38.7 Å². The number of aliphatic hydroxyl groups is 5. The summed E-state index contributed by atoms with van der Waals surface area (Å²) in [6, 6.07) is 21.2. The number of aliphatic carboxylic acids is 1. The molecule has 0 amide bonds. The Morgan fingerprint density at radius 2 is 0.900 bits per heavy atom. The van der Waals surface area contributed by atoms with Gasteiger partial charge in [-0.1, -0.05) is 36.4 Å². The van der Waals surface area contributed by atoms with Crippen LogP contribution in [0.4, 0.5) is 23.1 Å². The number of hydrogen-bond acceptors (Lipinski definition) is 21. The minimum Gasteiger partial charge on any atom is -0.870 e. The second-order valence-electron chi connectivity index (χ2n) is 16.3. The Kier molecular flexibility index (Phi) is 32.0. The Morgan fingerprint density at radius 3 is 1.24 bits per heavy atom. The van der Waals surface area contributed by atoms with Gasteiger partial charge in [-0.3, -0.25) is 46.6 Å². The second kappa shape index (κ2) is 35.6. The number of ketones is 1. The zero-order valence-electron chi connectivity index (χ0n) is 46.0. The number of Topliss-reactive ketones (excluding diaryl/α,β-unsaturated/α-hetero) is 1. The summed E-state index contributed by atoms with van der Waals surface area (Å²) in [5.41, 5.74) is 17.1. The molecule has 0 spiro atoms. The fraction of sp³-hybridized carbons (Fsp3) is 0.353. The quantitative estimate of drug-likeness (QED) is 0.0462. The normalized spacial score (nSPS) is 10.4. The van der Waals surface area contributed by atoms with Crippen molar-refractivity contribution >= 4 is 40.6 Å². The number of aromatic nitrogens is 6. The van der Waals surface area contributed by atoms with Crippen LogP contribution in [0.3, 0.4) is 0 Å². The first-order valence-electron chi connectivity index (χ1n) is 23.5. The van der Waals surface area contributed by atoms with Crippen LogP contribution in [0.15, 0.2) is 107 Å². The molecule has 0 saturated carbocycles. The van der Waals surface area contributed by atoms with E-state index in [-0.39, 0.29) is 116 Å². The number of anilines is 3. The Balaban J connectivity index is 0.00000106. The first-order chi connectivity index (χ1) is 37.0. The van der Waals surface area contributed by atoms with Crippen molar-refractivity contribution in [1.29, 1.82) is 0 Å². The van der Waals surface area contributed by atoms with Gasteiger partial charge in [0.15, 0.2) is 5.78 Å². The van der Waals surface area contributed by atoms with Crippen LogP contribution in [0.25, 0.3) is 0 Å². The van der Waals surface area contributed by atoms with Gasteiger partial charge in [-0.25, -0.2) is 24.2 Å². The minimum absolute atomic E-state index is 0. The molecule has 6 aromatic rings. The van der Waals surface area contributed by atoms with Gasteiger partial charge >= 0.3 is 52.6 Å². The molecule has 7 rings (SSSR count). The van der Waals surface area contributed by atoms with Crippen LogP contribution in [0.1, 0.15) is 41.7 Å². The topological polar surface area (TPSA) is 436 Å². The number of aliphatic imine (C=N–C) groups is 1. The third kappa shape index (κ3) is 19.8. The third-order valence-electron chi connectivity index (χ3n) is 10.9. The minimum atomic E-state index is -1.19. The molecular formula is C51H69N10NaO18. The van der Waals surface area contributed by atoms with Crippen LogP contribution in [-0.4, -0.2) is 135 Å². The van der Waals surface area contributed by atoms with Gasteiger partial charge in [-0.2, -0.15) is 0 Å². The predicted octanol–water partition coefficient (Wildman–Crippen LogP) is -4.83. The number of rotatable bonds is 14. The Hall–Kier alpha value is -7.93. The molecule has 0 unspecified atom stereocenters. The number of benzene rings is 3. The summed E-state index contributed by atoms with van der Waals surface area (Å²) in [4.78, 5) is 98.7. The molecule has 29 heteroatoms. The Bertz CT molecular complexity index is 3330. The molecule has 432 valence electrons. The number of nitrogens with two attached hydrogens (primary N) is 3. The van der Waals surface area contributed by atoms with E-state index in [1.165, 1.54) is 23.2 Å². The summed E-state index contributed by atoms with van der Waals surface area (Å²) in [5.74, 6) is 0.581. The molecule has 1 aliphatic heterocycles. The number of hydrogen-bond donors (Lipinski definition) is 9. The SMILES string of the molecule is CCO.CCO.COc1ccc(Cn2c(=O)c(CC(=O)CO)c(N)n(C)c2=O)cc1.COc1ccc(Cn2c(=O)c(N)c(N)n(C)c2=O)cc1.COc1ccc(Cn2c(=O)c3c(n(C)c2=O)N=C(CO)C3)cc1.O=C(O)CO.[Na+].[OH-]. The molecule has 28 nitrogen and oxygen atoms in total. The van der Waals surface area contributed by atoms with Crippen molar-refractivity contribution in [2.75, 3.05) is 71.6 Å². The van der Waals surface area contributed by atoms with E-state index in [1.54, 1.807) is 103 Å². The largest absolute Gasteiger partial charge is 1.00 e. The second-order valence-corrected chi connectivity index (χ2v) is 16.3. The van der Waals surface area contributed by atoms with E-state index < -0.39 is 53.2 Å². The predicted molar refractivity (Wildman–Crippen MR) is 293 cm³/mol. The Morgan fingerprint density at radius 1 is 0.562 bits per heavy atom. The molecule has 0 atom stereocenters. The van der Waals surface area contributed by atoms with Crippen molar-refractivity contribution < 1.29 is 89.5 Å². The molecule has 0 fully saturated rings. The van der Waals surface area contributed by atoms with Gasteiger partial charge in [0.05, 0.1) is 64.4 Å². The first kappa shape index (κ1) is 72.1. The van der Waals surface area contributed by atoms with Gasteiger partial charge in [0.2, 0.25) is 0 Å². The number of carboxylic acids is 1. The van der Waals surface area contributed by atoms with Crippen molar-refractivity contribution in [3.05, 3.63) is 163 Å². The number of carboxylic acid groups (broad SMARTS) is 1. The van der Waals surface area contributed by atoms with Crippen LogP contribution in [0, 0.1) is 0 Å². The van der Waals surface area contributed by atoms with Gasteiger partial charge in [-0.15, -0.1) is 0 Å². The average molecular weight is 1130 g/mol. The maximum absolute atomic E-state index is 12.6. The van der Waals surface area contributed by atoms with Crippen LogP contribution >= 0.6 is 0 Å². The number of carbonyl (C=O) groups is 2. The van der Waals surface area contributed by atoms with Gasteiger partial charge in [0, 0.05) is 47.2 Å². The summed E-state index contributed by atoms with van der Waals surface area (Å²) in [7, 11) is 9.16. The molecular weight excluding hydrogens is 1060 g/mol. The maximum atomic E-state index is 12.6. The molecule has 1 aliphatic rings. The van der Waals surface area contributed by atoms with E-state index in [2.05, 4.69) is 4.99 Å². The summed E-state index contributed by atoms with van der Waals surface area (Å²) >= 11 is 0. The summed E-state index contributed by atoms with van der Waals surface area (Å²) in [6.07, 6.45) is -0.0424. The standard InChI is InChI=1S/C16H19N3O5.C16H17N3O4.C13H16N4O3.C2H4O3.2C2H6O.Na.H2O/c1-18-14(17)13(7-11(21)9-20)15(22)19(16(18)23)8-10-3-5-12(24-2)6-4-10;1-18-14-13(7-11(9-20)17-14)15(21)19(16(18)22)8-10-3-5-12(23-2)6-4-10;1-16-11(15)10(14)12(18)17(13(16)19)7-8-3-5-9(20-2)6-4-8;3-1-2(4)5;2*1-2-3;;/h3-6,20H,7-9,17H2,1-2H3;3-6,20H,7-9H2,1-2H3;3-6H,7,14-15H2,1-2H3;3H,1H2,(H,4,5);2*3H,2H2,1H3;;1H2/q;;;;;;+1;/p-1. The van der Waals surface area contributed by atoms with Crippen molar-refractivity contribution in [2.24, 2.45) is 26.1 Å². The number of aliphatic hydroxyl groups excluding tert-OH is 5. The molecule has 0 saturated heterocycles. The number of nitrogen functional groups attached to an aromatic ring is 3. The fourth-order valence-electron chi connectivity index (χ4n) is 6.83. The smallest absolute Gasteiger partial charge is 0.870 e. The number of fused-ring (bicyclic) bond motifs is 1. The van der Waals surface area contributed by atoms with Gasteiger partial charge in [0.25, 0.3) is 16.7 Å². The van der Waals surface area contributed by atoms with Crippen LogP contribution < -0.4 is 94.7 Å². The molecule has 0 radical (unpaired) electrons. The Labute approximate surface area is 479 Å². The zero-order valence-corrected chi connectivity index (χ0v) is 48.0. The number of methoxy groups -OCH3 is 3. The average Bonchev–Trinajstić information content (AvgIpc) is 3.90. The van der Waals surface area contributed by atoms with Crippen LogP contribution in [0.2, 0.25) is 0 Å². The van der Waals surface area contributed by atoms with Crippen molar-refractivity contribution in [3.63, 3.8) is 0 Å². The molecule has 13 N–H and O–H groups in total. The molecule has 80 heavy (non-hydrogen) atoms. The third-order valence-corrected chi connectivity index (χ3v) is 10.9. The van der Waals surface area contributed by atoms with Gasteiger partial charge in [0.1, 0.15) is 53.6 Å². The fourth-order valence-corrected chi connectivity index (χ4v) is 6.83. The molecule has 0 aliphatic carbocycles. The summed E-state index contributed by atoms with van der Waals surface area (Å²) in [5, 5.41) is 48.2. The number of ether oxygens (including phenoxy) is 3. The van der Waals surface area contributed by atoms with Crippen LogP contribution in [0.5, 0.6) is 17.2 Å².